The van der Waals surface area contributed by atoms with Crippen LogP contribution in [0.2, 0.25) is 0 Å². The highest BCUT2D eigenvalue weighted by atomic mass is 19.4. The third kappa shape index (κ3) is 2.49. The van der Waals surface area contributed by atoms with E-state index in [4.69, 9.17) is 0 Å². The second-order valence-electron chi connectivity index (χ2n) is 3.97. The van der Waals surface area contributed by atoms with Crippen LogP contribution in [0.25, 0.3) is 0 Å². The van der Waals surface area contributed by atoms with E-state index in [0.717, 1.165) is 4.68 Å². The lowest BCUT2D eigenvalue weighted by Crippen LogP contribution is -2.20. The number of hydrogen-bond acceptors (Lipinski definition) is 3. The van der Waals surface area contributed by atoms with Gasteiger partial charge in [0.15, 0.2) is 17.7 Å². The van der Waals surface area contributed by atoms with Crippen molar-refractivity contribution in [1.82, 2.24) is 15.0 Å². The summed E-state index contributed by atoms with van der Waals surface area (Å²) in [6.07, 6.45) is -4.62. The average Bonchev–Trinajstić information content (AvgIpc) is 2.82. The number of hydrogen-bond donors (Lipinski definition) is 0. The number of alkyl halides is 3. The van der Waals surface area contributed by atoms with Crippen LogP contribution in [0.15, 0.2) is 30.3 Å². The first-order valence-corrected chi connectivity index (χ1v) is 5.47. The monoisotopic (exact) mass is 269 g/mol. The van der Waals surface area contributed by atoms with Crippen molar-refractivity contribution in [3.8, 4) is 0 Å². The molecule has 0 bridgehead atoms. The molecule has 0 saturated carbocycles. The maximum absolute atomic E-state index is 12.9. The number of carbonyl (C=O) groups is 1. The van der Waals surface area contributed by atoms with Crippen molar-refractivity contribution < 1.29 is 18.0 Å². The molecule has 19 heavy (non-hydrogen) atoms. The number of rotatable bonds is 3. The SMILES string of the molecule is CC(c1ccccc1)n1nnc(C=O)c1C(F)(F)F. The molecule has 100 valence electrons. The Balaban J connectivity index is 2.52. The lowest BCUT2D eigenvalue weighted by molar-refractivity contribution is -0.144. The van der Waals surface area contributed by atoms with Gasteiger partial charge in [-0.25, -0.2) is 4.68 Å². The zero-order chi connectivity index (χ0) is 14.0. The van der Waals surface area contributed by atoms with E-state index in [2.05, 4.69) is 10.3 Å². The van der Waals surface area contributed by atoms with Gasteiger partial charge in [0, 0.05) is 0 Å². The predicted molar refractivity (Wildman–Crippen MR) is 60.7 cm³/mol. The first kappa shape index (κ1) is 13.3. The molecule has 1 heterocycles. The third-order valence-corrected chi connectivity index (χ3v) is 2.75. The van der Waals surface area contributed by atoms with Crippen molar-refractivity contribution in [3.63, 3.8) is 0 Å². The summed E-state index contributed by atoms with van der Waals surface area (Å²) in [7, 11) is 0. The molecule has 1 unspecified atom stereocenters. The Kier molecular flexibility index (Phi) is 3.37. The fourth-order valence-corrected chi connectivity index (χ4v) is 1.80. The van der Waals surface area contributed by atoms with Crippen LogP contribution >= 0.6 is 0 Å². The van der Waals surface area contributed by atoms with E-state index >= 15 is 0 Å². The summed E-state index contributed by atoms with van der Waals surface area (Å²) in [5.41, 5.74) is -1.18. The molecular formula is C12H10F3N3O. The van der Waals surface area contributed by atoms with Gasteiger partial charge in [0.05, 0.1) is 6.04 Å². The molecule has 0 amide bonds. The van der Waals surface area contributed by atoms with Crippen molar-refractivity contribution in [2.75, 3.05) is 0 Å². The fraction of sp³-hybridized carbons (Fsp3) is 0.250. The Hall–Kier alpha value is -2.18. The Labute approximate surface area is 106 Å². The van der Waals surface area contributed by atoms with Gasteiger partial charge in [-0.3, -0.25) is 4.79 Å². The van der Waals surface area contributed by atoms with E-state index in [-0.39, 0.29) is 6.29 Å². The van der Waals surface area contributed by atoms with E-state index in [9.17, 15) is 18.0 Å². The lowest BCUT2D eigenvalue weighted by Gasteiger charge is -2.16. The highest BCUT2D eigenvalue weighted by molar-refractivity contribution is 5.73. The average molecular weight is 269 g/mol. The minimum atomic E-state index is -4.68. The Bertz CT molecular complexity index is 578. The Morgan fingerprint density at radius 2 is 1.89 bits per heavy atom. The standard InChI is InChI=1S/C12H10F3N3O/c1-8(9-5-3-2-4-6-9)18-11(12(13,14)15)10(7-19)16-17-18/h2-8H,1H3. The van der Waals surface area contributed by atoms with Gasteiger partial charge < -0.3 is 0 Å². The van der Waals surface area contributed by atoms with Gasteiger partial charge in [-0.1, -0.05) is 35.5 Å². The molecular weight excluding hydrogens is 259 g/mol. The molecule has 7 heteroatoms. The van der Waals surface area contributed by atoms with Crippen molar-refractivity contribution in [2.24, 2.45) is 0 Å². The summed E-state index contributed by atoms with van der Waals surface area (Å²) in [6, 6.07) is 7.91. The highest BCUT2D eigenvalue weighted by Gasteiger charge is 2.40. The van der Waals surface area contributed by atoms with Gasteiger partial charge in [-0.2, -0.15) is 13.2 Å². The van der Waals surface area contributed by atoms with Crippen molar-refractivity contribution in [2.45, 2.75) is 19.1 Å². The summed E-state index contributed by atoms with van der Waals surface area (Å²) in [5, 5.41) is 6.72. The summed E-state index contributed by atoms with van der Waals surface area (Å²) < 4.78 is 39.6. The summed E-state index contributed by atoms with van der Waals surface area (Å²) in [4.78, 5) is 10.6. The van der Waals surface area contributed by atoms with Crippen LogP contribution in [-0.2, 0) is 6.18 Å². The van der Waals surface area contributed by atoms with Crippen molar-refractivity contribution in [1.29, 1.82) is 0 Å². The van der Waals surface area contributed by atoms with Crippen LogP contribution in [0.4, 0.5) is 13.2 Å². The van der Waals surface area contributed by atoms with E-state index in [0.29, 0.717) is 5.56 Å². The molecule has 0 aliphatic rings. The summed E-state index contributed by atoms with van der Waals surface area (Å²) in [6.45, 7) is 1.56. The van der Waals surface area contributed by atoms with Crippen LogP contribution in [0.5, 0.6) is 0 Å². The van der Waals surface area contributed by atoms with Crippen LogP contribution in [0, 0.1) is 0 Å². The smallest absolute Gasteiger partial charge is 0.296 e. The van der Waals surface area contributed by atoms with Crippen LogP contribution in [0.3, 0.4) is 0 Å². The molecule has 2 aromatic rings. The minimum absolute atomic E-state index is 0.0596. The van der Waals surface area contributed by atoms with Crippen LogP contribution in [-0.4, -0.2) is 21.3 Å². The van der Waals surface area contributed by atoms with Gasteiger partial charge in [-0.05, 0) is 12.5 Å². The van der Waals surface area contributed by atoms with Crippen molar-refractivity contribution in [3.05, 3.63) is 47.3 Å². The van der Waals surface area contributed by atoms with Crippen molar-refractivity contribution >= 4 is 6.29 Å². The predicted octanol–water partition coefficient (Wildman–Crippen LogP) is 2.72. The molecule has 0 spiro atoms. The molecule has 2 rings (SSSR count). The van der Waals surface area contributed by atoms with Crippen LogP contribution < -0.4 is 0 Å². The fourth-order valence-electron chi connectivity index (χ4n) is 1.80. The molecule has 4 nitrogen and oxygen atoms in total. The van der Waals surface area contributed by atoms with E-state index in [1.54, 1.807) is 37.3 Å². The van der Waals surface area contributed by atoms with E-state index in [1.165, 1.54) is 0 Å². The second kappa shape index (κ2) is 4.83. The molecule has 0 aliphatic carbocycles. The normalized spacial score (nSPS) is 13.3. The number of halogens is 3. The quantitative estimate of drug-likeness (QED) is 0.805. The van der Waals surface area contributed by atoms with Crippen LogP contribution in [0.1, 0.15) is 34.7 Å². The van der Waals surface area contributed by atoms with E-state index < -0.39 is 23.6 Å². The number of carbonyl (C=O) groups excluding carboxylic acids is 1. The largest absolute Gasteiger partial charge is 0.435 e. The highest BCUT2D eigenvalue weighted by Crippen LogP contribution is 2.33. The molecule has 1 atom stereocenters. The van der Waals surface area contributed by atoms with Gasteiger partial charge >= 0.3 is 6.18 Å². The van der Waals surface area contributed by atoms with Gasteiger partial charge in [-0.15, -0.1) is 5.10 Å². The third-order valence-electron chi connectivity index (χ3n) is 2.75. The molecule has 0 N–H and O–H groups in total. The maximum atomic E-state index is 12.9. The Morgan fingerprint density at radius 3 is 2.42 bits per heavy atom. The molecule has 0 fully saturated rings. The molecule has 0 radical (unpaired) electrons. The van der Waals surface area contributed by atoms with Gasteiger partial charge in [0.25, 0.3) is 0 Å². The lowest BCUT2D eigenvalue weighted by atomic mass is 10.1. The Morgan fingerprint density at radius 1 is 1.26 bits per heavy atom. The second-order valence-corrected chi connectivity index (χ2v) is 3.97. The maximum Gasteiger partial charge on any atom is 0.435 e. The first-order chi connectivity index (χ1) is 8.95. The summed E-state index contributed by atoms with van der Waals surface area (Å²) in [5.74, 6) is 0. The zero-order valence-electron chi connectivity index (χ0n) is 9.93. The number of aromatic nitrogens is 3. The number of benzene rings is 1. The summed E-state index contributed by atoms with van der Waals surface area (Å²) >= 11 is 0. The van der Waals surface area contributed by atoms with Gasteiger partial charge in [0.2, 0.25) is 0 Å². The first-order valence-electron chi connectivity index (χ1n) is 5.47. The van der Waals surface area contributed by atoms with E-state index in [1.807, 2.05) is 0 Å². The molecule has 0 saturated heterocycles. The zero-order valence-corrected chi connectivity index (χ0v) is 9.93. The topological polar surface area (TPSA) is 47.8 Å². The molecule has 1 aromatic heterocycles. The molecule has 0 aliphatic heterocycles. The minimum Gasteiger partial charge on any atom is -0.296 e. The molecule has 1 aromatic carbocycles. The van der Waals surface area contributed by atoms with Gasteiger partial charge in [0.1, 0.15) is 0 Å². The number of aldehydes is 1. The number of nitrogens with zero attached hydrogens (tertiary/aromatic N) is 3.